The van der Waals surface area contributed by atoms with E-state index in [0.717, 1.165) is 24.9 Å². The molecule has 1 aliphatic rings. The van der Waals surface area contributed by atoms with Gasteiger partial charge < -0.3 is 5.11 Å². The summed E-state index contributed by atoms with van der Waals surface area (Å²) in [4.78, 5) is 0. The monoisotopic (exact) mass is 222 g/mol. The fourth-order valence-corrected chi connectivity index (χ4v) is 3.12. The second-order valence-electron chi connectivity index (χ2n) is 5.96. The second kappa shape index (κ2) is 3.59. The molecule has 1 N–H and O–H groups in total. The van der Waals surface area contributed by atoms with Gasteiger partial charge in [0.1, 0.15) is 0 Å². The van der Waals surface area contributed by atoms with E-state index < -0.39 is 5.60 Å². The Bertz CT molecular complexity index is 383. The number of nitrogens with zero attached hydrogens (tertiary/aromatic N) is 2. The summed E-state index contributed by atoms with van der Waals surface area (Å²) in [6.07, 6.45) is 5.71. The van der Waals surface area contributed by atoms with Crippen LogP contribution in [0.1, 0.15) is 46.1 Å². The van der Waals surface area contributed by atoms with Gasteiger partial charge in [-0.3, -0.25) is 4.68 Å². The number of aliphatic hydroxyl groups is 1. The average Bonchev–Trinajstić information content (AvgIpc) is 2.70. The topological polar surface area (TPSA) is 38.0 Å². The quantitative estimate of drug-likeness (QED) is 0.835. The van der Waals surface area contributed by atoms with Crippen LogP contribution in [0.5, 0.6) is 0 Å². The Labute approximate surface area is 97.5 Å². The Morgan fingerprint density at radius 3 is 2.69 bits per heavy atom. The molecule has 0 saturated heterocycles. The predicted molar refractivity (Wildman–Crippen MR) is 64.0 cm³/mol. The van der Waals surface area contributed by atoms with Crippen LogP contribution < -0.4 is 0 Å². The molecule has 90 valence electrons. The number of hydrogen-bond acceptors (Lipinski definition) is 2. The van der Waals surface area contributed by atoms with E-state index in [1.807, 2.05) is 17.1 Å². The van der Waals surface area contributed by atoms with E-state index in [1.54, 1.807) is 0 Å². The first-order valence-corrected chi connectivity index (χ1v) is 6.13. The molecule has 1 aliphatic carbocycles. The molecule has 1 aromatic heterocycles. The van der Waals surface area contributed by atoms with Crippen molar-refractivity contribution in [2.24, 2.45) is 11.3 Å². The average molecular weight is 222 g/mol. The van der Waals surface area contributed by atoms with Gasteiger partial charge in [-0.1, -0.05) is 20.8 Å². The highest BCUT2D eigenvalue weighted by Gasteiger charge is 2.48. The molecule has 1 heterocycles. The molecule has 0 aromatic carbocycles. The Hall–Kier alpha value is -0.830. The first kappa shape index (κ1) is 11.6. The zero-order valence-corrected chi connectivity index (χ0v) is 10.7. The summed E-state index contributed by atoms with van der Waals surface area (Å²) in [5.74, 6) is 0.303. The minimum absolute atomic E-state index is 0.225. The summed E-state index contributed by atoms with van der Waals surface area (Å²) in [5.41, 5.74) is 0.520. The highest BCUT2D eigenvalue weighted by atomic mass is 16.3. The van der Waals surface area contributed by atoms with Crippen LogP contribution in [0.2, 0.25) is 0 Å². The van der Waals surface area contributed by atoms with Crippen molar-refractivity contribution in [3.8, 4) is 0 Å². The fourth-order valence-electron chi connectivity index (χ4n) is 3.12. The van der Waals surface area contributed by atoms with Crippen LogP contribution in [-0.4, -0.2) is 14.9 Å². The largest absolute Gasteiger partial charge is 0.385 e. The normalized spacial score (nSPS) is 33.2. The van der Waals surface area contributed by atoms with Crippen molar-refractivity contribution in [3.05, 3.63) is 18.0 Å². The lowest BCUT2D eigenvalue weighted by Crippen LogP contribution is -2.28. The Morgan fingerprint density at radius 1 is 1.56 bits per heavy atom. The molecular weight excluding hydrogens is 200 g/mol. The molecular formula is C13H22N2O. The first-order valence-electron chi connectivity index (χ1n) is 6.13. The summed E-state index contributed by atoms with van der Waals surface area (Å²) in [6.45, 7) is 9.51. The van der Waals surface area contributed by atoms with Crippen molar-refractivity contribution < 1.29 is 5.11 Å². The Morgan fingerprint density at radius 2 is 2.25 bits per heavy atom. The van der Waals surface area contributed by atoms with Gasteiger partial charge in [-0.05, 0) is 31.1 Å². The molecule has 0 amide bonds. The van der Waals surface area contributed by atoms with Gasteiger partial charge in [0.2, 0.25) is 0 Å². The molecule has 1 fully saturated rings. The third-order valence-electron chi connectivity index (χ3n) is 3.88. The smallest absolute Gasteiger partial charge is 0.0957 e. The lowest BCUT2D eigenvalue weighted by Gasteiger charge is -2.27. The van der Waals surface area contributed by atoms with Crippen molar-refractivity contribution in [1.29, 1.82) is 0 Å². The van der Waals surface area contributed by atoms with Crippen LogP contribution in [0.3, 0.4) is 0 Å². The first-order chi connectivity index (χ1) is 7.37. The maximum atomic E-state index is 10.8. The predicted octanol–water partition coefficient (Wildman–Crippen LogP) is 2.55. The molecule has 2 unspecified atom stereocenters. The van der Waals surface area contributed by atoms with E-state index in [4.69, 9.17) is 0 Å². The lowest BCUT2D eigenvalue weighted by molar-refractivity contribution is -0.000921. The maximum absolute atomic E-state index is 10.8. The molecule has 1 saturated carbocycles. The minimum atomic E-state index is -0.684. The molecule has 2 atom stereocenters. The van der Waals surface area contributed by atoms with E-state index in [2.05, 4.69) is 32.8 Å². The van der Waals surface area contributed by atoms with E-state index >= 15 is 0 Å². The third kappa shape index (κ3) is 1.77. The number of aryl methyl sites for hydroxylation is 1. The minimum Gasteiger partial charge on any atom is -0.385 e. The van der Waals surface area contributed by atoms with Crippen LogP contribution in [0.15, 0.2) is 12.4 Å². The van der Waals surface area contributed by atoms with Gasteiger partial charge in [-0.25, -0.2) is 0 Å². The fraction of sp³-hybridized carbons (Fsp3) is 0.769. The summed E-state index contributed by atoms with van der Waals surface area (Å²) in [7, 11) is 0. The Kier molecular flexibility index (Phi) is 2.61. The van der Waals surface area contributed by atoms with Gasteiger partial charge >= 0.3 is 0 Å². The molecule has 2 rings (SSSR count). The van der Waals surface area contributed by atoms with E-state index in [-0.39, 0.29) is 5.41 Å². The maximum Gasteiger partial charge on any atom is 0.0957 e. The van der Waals surface area contributed by atoms with E-state index in [9.17, 15) is 5.11 Å². The standard InChI is InChI=1S/C13H22N2O/c1-5-15-8-11(7-14-15)13(16)9-12(3,4)6-10(13)2/h7-8,10,16H,5-6,9H2,1-4H3. The zero-order valence-electron chi connectivity index (χ0n) is 10.7. The summed E-state index contributed by atoms with van der Waals surface area (Å²) in [5, 5.41) is 15.1. The number of aromatic nitrogens is 2. The second-order valence-corrected chi connectivity index (χ2v) is 5.96. The van der Waals surface area contributed by atoms with Crippen molar-refractivity contribution in [2.75, 3.05) is 0 Å². The van der Waals surface area contributed by atoms with Crippen molar-refractivity contribution in [1.82, 2.24) is 9.78 Å². The zero-order chi connectivity index (χ0) is 12.0. The van der Waals surface area contributed by atoms with E-state index in [0.29, 0.717) is 5.92 Å². The third-order valence-corrected chi connectivity index (χ3v) is 3.88. The SMILES string of the molecule is CCn1cc(C2(O)CC(C)(C)CC2C)cn1. The van der Waals surface area contributed by atoms with Gasteiger partial charge in [0.15, 0.2) is 0 Å². The van der Waals surface area contributed by atoms with E-state index in [1.165, 1.54) is 0 Å². The Balaban J connectivity index is 2.32. The lowest BCUT2D eigenvalue weighted by atomic mass is 9.85. The van der Waals surface area contributed by atoms with Crippen LogP contribution in [0.25, 0.3) is 0 Å². The number of hydrogen-bond donors (Lipinski definition) is 1. The summed E-state index contributed by atoms with van der Waals surface area (Å²) in [6, 6.07) is 0. The van der Waals surface area contributed by atoms with Crippen LogP contribution >= 0.6 is 0 Å². The van der Waals surface area contributed by atoms with Crippen molar-refractivity contribution in [3.63, 3.8) is 0 Å². The molecule has 0 spiro atoms. The molecule has 0 aliphatic heterocycles. The van der Waals surface area contributed by atoms with Gasteiger partial charge in [0.25, 0.3) is 0 Å². The molecule has 0 bridgehead atoms. The van der Waals surface area contributed by atoms with Crippen LogP contribution in [0.4, 0.5) is 0 Å². The van der Waals surface area contributed by atoms with Crippen molar-refractivity contribution >= 4 is 0 Å². The summed E-state index contributed by atoms with van der Waals surface area (Å²) < 4.78 is 1.88. The van der Waals surface area contributed by atoms with Gasteiger partial charge in [0, 0.05) is 18.3 Å². The highest BCUT2D eigenvalue weighted by molar-refractivity contribution is 5.20. The number of rotatable bonds is 2. The molecule has 3 heteroatoms. The molecule has 1 aromatic rings. The molecule has 0 radical (unpaired) electrons. The van der Waals surface area contributed by atoms with Gasteiger partial charge in [-0.2, -0.15) is 5.10 Å². The molecule has 3 nitrogen and oxygen atoms in total. The van der Waals surface area contributed by atoms with Crippen LogP contribution in [-0.2, 0) is 12.1 Å². The van der Waals surface area contributed by atoms with Crippen LogP contribution in [0, 0.1) is 11.3 Å². The van der Waals surface area contributed by atoms with Gasteiger partial charge in [-0.15, -0.1) is 0 Å². The summed E-state index contributed by atoms with van der Waals surface area (Å²) >= 11 is 0. The highest BCUT2D eigenvalue weighted by Crippen LogP contribution is 2.52. The molecule has 16 heavy (non-hydrogen) atoms. The van der Waals surface area contributed by atoms with Gasteiger partial charge in [0.05, 0.1) is 11.8 Å². The van der Waals surface area contributed by atoms with Crippen molar-refractivity contribution in [2.45, 2.75) is 52.7 Å².